The highest BCUT2D eigenvalue weighted by Gasteiger charge is 2.41. The average molecular weight is 280 g/mol. The van der Waals surface area contributed by atoms with E-state index in [1.165, 1.54) is 4.90 Å². The van der Waals surface area contributed by atoms with Crippen LogP contribution in [0.1, 0.15) is 27.2 Å². The molecule has 0 aromatic carbocycles. The molecule has 0 aliphatic carbocycles. The number of carbonyl (C=O) groups excluding carboxylic acids is 2. The third-order valence-electron chi connectivity index (χ3n) is 2.38. The molecule has 0 saturated carbocycles. The second-order valence-corrected chi connectivity index (χ2v) is 5.33. The number of ether oxygens (including phenoxy) is 2. The van der Waals surface area contributed by atoms with Crippen LogP contribution >= 0.6 is 11.6 Å². The van der Waals surface area contributed by atoms with Crippen molar-refractivity contribution in [2.75, 3.05) is 12.6 Å². The molecule has 1 N–H and O–H groups in total. The summed E-state index contributed by atoms with van der Waals surface area (Å²) in [5.74, 6) is -0.632. The Morgan fingerprint density at radius 3 is 2.56 bits per heavy atom. The van der Waals surface area contributed by atoms with Gasteiger partial charge in [0, 0.05) is 6.42 Å². The number of β-amino-alcohol motifs (C(OH)–C–C–N with tert-alkyl or cyclic N) is 1. The zero-order valence-corrected chi connectivity index (χ0v) is 11.4. The second-order valence-electron chi connectivity index (χ2n) is 5.11. The van der Waals surface area contributed by atoms with E-state index in [4.69, 9.17) is 16.3 Å². The molecular weight excluding hydrogens is 262 g/mol. The van der Waals surface area contributed by atoms with Gasteiger partial charge < -0.3 is 14.6 Å². The number of hydrogen-bond acceptors (Lipinski definition) is 5. The predicted molar refractivity (Wildman–Crippen MR) is 64.2 cm³/mol. The predicted octanol–water partition coefficient (Wildman–Crippen LogP) is 1.10. The molecule has 18 heavy (non-hydrogen) atoms. The molecule has 1 aliphatic rings. The van der Waals surface area contributed by atoms with Crippen LogP contribution in [0.4, 0.5) is 4.79 Å². The first-order valence-corrected chi connectivity index (χ1v) is 6.18. The van der Waals surface area contributed by atoms with Crippen molar-refractivity contribution in [1.29, 1.82) is 0 Å². The van der Waals surface area contributed by atoms with Gasteiger partial charge in [-0.1, -0.05) is 11.6 Å². The number of nitrogens with zero attached hydrogens (tertiary/aromatic N) is 1. The van der Waals surface area contributed by atoms with E-state index in [1.807, 2.05) is 0 Å². The van der Waals surface area contributed by atoms with Crippen molar-refractivity contribution in [3.63, 3.8) is 0 Å². The zero-order chi connectivity index (χ0) is 13.9. The smallest absolute Gasteiger partial charge is 0.411 e. The van der Waals surface area contributed by atoms with Crippen molar-refractivity contribution in [3.8, 4) is 0 Å². The summed E-state index contributed by atoms with van der Waals surface area (Å²) in [5, 5.41) is 9.54. The number of alkyl halides is 1. The Bertz CT molecular complexity index is 328. The third-order valence-corrected chi connectivity index (χ3v) is 2.49. The number of rotatable bonds is 2. The summed E-state index contributed by atoms with van der Waals surface area (Å²) in [5.41, 5.74) is -0.661. The van der Waals surface area contributed by atoms with Gasteiger partial charge >= 0.3 is 12.1 Å². The van der Waals surface area contributed by atoms with Crippen LogP contribution in [-0.2, 0) is 14.3 Å². The number of likely N-dealkylation sites (tertiary alicyclic amines) is 1. The molecule has 0 bridgehead atoms. The first-order chi connectivity index (χ1) is 8.24. The van der Waals surface area contributed by atoms with Gasteiger partial charge in [0.1, 0.15) is 11.6 Å². The SMILES string of the molecule is CC(C)(C)OC(=O)N1C[C@H](O)C[C@@H]1C(=O)OCCl. The van der Waals surface area contributed by atoms with E-state index in [0.29, 0.717) is 0 Å². The van der Waals surface area contributed by atoms with Crippen molar-refractivity contribution in [2.45, 2.75) is 44.9 Å². The molecule has 0 radical (unpaired) electrons. The third kappa shape index (κ3) is 4.03. The molecule has 1 fully saturated rings. The molecule has 0 unspecified atom stereocenters. The molecule has 1 heterocycles. The van der Waals surface area contributed by atoms with Gasteiger partial charge in [-0.2, -0.15) is 0 Å². The summed E-state index contributed by atoms with van der Waals surface area (Å²) < 4.78 is 9.81. The summed E-state index contributed by atoms with van der Waals surface area (Å²) in [4.78, 5) is 24.7. The maximum atomic E-state index is 11.9. The Morgan fingerprint density at radius 1 is 1.44 bits per heavy atom. The van der Waals surface area contributed by atoms with Gasteiger partial charge in [-0.25, -0.2) is 9.59 Å². The van der Waals surface area contributed by atoms with Crippen molar-refractivity contribution < 1.29 is 24.2 Å². The van der Waals surface area contributed by atoms with Crippen LogP contribution in [0.2, 0.25) is 0 Å². The van der Waals surface area contributed by atoms with Gasteiger partial charge in [0.05, 0.1) is 12.6 Å². The second kappa shape index (κ2) is 5.75. The lowest BCUT2D eigenvalue weighted by atomic mass is 10.2. The Kier molecular flexibility index (Phi) is 4.81. The standard InChI is InChI=1S/C11H18ClNO5/c1-11(2,3)18-10(16)13-5-7(14)4-8(13)9(15)17-6-12/h7-8,14H,4-6H2,1-3H3/t7-,8-/m1/s1. The molecule has 0 aromatic heterocycles. The highest BCUT2D eigenvalue weighted by atomic mass is 35.5. The number of halogens is 1. The minimum absolute atomic E-state index is 0.0525. The van der Waals surface area contributed by atoms with Gasteiger partial charge in [-0.3, -0.25) is 4.90 Å². The maximum absolute atomic E-state index is 11.9. The molecule has 1 aliphatic heterocycles. The fourth-order valence-electron chi connectivity index (χ4n) is 1.71. The van der Waals surface area contributed by atoms with Crippen molar-refractivity contribution in [2.24, 2.45) is 0 Å². The Labute approximate surface area is 111 Å². The lowest BCUT2D eigenvalue weighted by Crippen LogP contribution is -2.44. The number of esters is 1. The summed E-state index contributed by atoms with van der Waals surface area (Å²) in [6, 6.07) is -1.12. The largest absolute Gasteiger partial charge is 0.448 e. The minimum Gasteiger partial charge on any atom is -0.448 e. The van der Waals surface area contributed by atoms with Crippen molar-refractivity contribution in [1.82, 2.24) is 4.90 Å². The number of hydrogen-bond donors (Lipinski definition) is 1. The molecular formula is C11H18ClNO5. The lowest BCUT2D eigenvalue weighted by molar-refractivity contribution is -0.146. The fourth-order valence-corrected chi connectivity index (χ4v) is 1.82. The van der Waals surface area contributed by atoms with E-state index >= 15 is 0 Å². The number of carbonyl (C=O) groups is 2. The highest BCUT2D eigenvalue weighted by Crippen LogP contribution is 2.22. The van der Waals surface area contributed by atoms with Crippen LogP contribution in [0.15, 0.2) is 0 Å². The number of aliphatic hydroxyl groups excluding tert-OH is 1. The Morgan fingerprint density at radius 2 is 2.06 bits per heavy atom. The van der Waals surface area contributed by atoms with Gasteiger partial charge in [-0.15, -0.1) is 0 Å². The Balaban J connectivity index is 2.72. The molecule has 7 heteroatoms. The van der Waals surface area contributed by atoms with E-state index < -0.39 is 29.8 Å². The van der Waals surface area contributed by atoms with Gasteiger partial charge in [-0.05, 0) is 20.8 Å². The Hall–Kier alpha value is -1.01. The molecule has 1 saturated heterocycles. The van der Waals surface area contributed by atoms with Crippen LogP contribution in [0.25, 0.3) is 0 Å². The van der Waals surface area contributed by atoms with Crippen LogP contribution < -0.4 is 0 Å². The van der Waals surface area contributed by atoms with Gasteiger partial charge in [0.15, 0.2) is 6.07 Å². The number of amides is 1. The summed E-state index contributed by atoms with van der Waals surface area (Å²) in [6.45, 7) is 5.23. The molecule has 2 atom stereocenters. The molecule has 6 nitrogen and oxygen atoms in total. The molecule has 0 spiro atoms. The van der Waals surface area contributed by atoms with E-state index in [0.717, 1.165) is 0 Å². The topological polar surface area (TPSA) is 76.1 Å². The average Bonchev–Trinajstić information content (AvgIpc) is 2.58. The molecule has 1 rings (SSSR count). The van der Waals surface area contributed by atoms with Crippen LogP contribution in [0, 0.1) is 0 Å². The van der Waals surface area contributed by atoms with Crippen molar-refractivity contribution in [3.05, 3.63) is 0 Å². The zero-order valence-electron chi connectivity index (χ0n) is 10.7. The maximum Gasteiger partial charge on any atom is 0.411 e. The first-order valence-electron chi connectivity index (χ1n) is 5.65. The van der Waals surface area contributed by atoms with Crippen molar-refractivity contribution >= 4 is 23.7 Å². The highest BCUT2D eigenvalue weighted by molar-refractivity contribution is 6.17. The molecule has 1 amide bonds. The summed E-state index contributed by atoms with van der Waals surface area (Å²) in [7, 11) is 0. The normalized spacial score (nSPS) is 23.9. The fraction of sp³-hybridized carbons (Fsp3) is 0.818. The summed E-state index contributed by atoms with van der Waals surface area (Å²) >= 11 is 5.30. The molecule has 104 valence electrons. The van der Waals surface area contributed by atoms with Crippen LogP contribution in [0.3, 0.4) is 0 Å². The van der Waals surface area contributed by atoms with E-state index in [-0.39, 0.29) is 19.0 Å². The van der Waals surface area contributed by atoms with Gasteiger partial charge in [0.25, 0.3) is 0 Å². The monoisotopic (exact) mass is 279 g/mol. The van der Waals surface area contributed by atoms with Crippen LogP contribution in [-0.4, -0.2) is 52.4 Å². The first kappa shape index (κ1) is 15.0. The quantitative estimate of drug-likeness (QED) is 0.605. The van der Waals surface area contributed by atoms with E-state index in [2.05, 4.69) is 4.74 Å². The van der Waals surface area contributed by atoms with E-state index in [1.54, 1.807) is 20.8 Å². The van der Waals surface area contributed by atoms with E-state index in [9.17, 15) is 14.7 Å². The minimum atomic E-state index is -0.839. The lowest BCUT2D eigenvalue weighted by Gasteiger charge is -2.27. The molecule has 0 aromatic rings. The summed E-state index contributed by atoms with van der Waals surface area (Å²) in [6.07, 6.45) is -1.27. The number of aliphatic hydroxyl groups is 1. The van der Waals surface area contributed by atoms with Gasteiger partial charge in [0.2, 0.25) is 0 Å². The van der Waals surface area contributed by atoms with Crippen LogP contribution in [0.5, 0.6) is 0 Å².